The second kappa shape index (κ2) is 11.2. The minimum Gasteiger partial charge on any atom is -0.376 e. The van der Waals surface area contributed by atoms with Crippen LogP contribution in [0.3, 0.4) is 0 Å². The zero-order valence-corrected chi connectivity index (χ0v) is 26.1. The monoisotopic (exact) mass is 604 g/mol. The molecule has 4 heterocycles. The minimum atomic E-state index is 0.226. The van der Waals surface area contributed by atoms with Crippen molar-refractivity contribution < 1.29 is 0 Å². The van der Waals surface area contributed by atoms with Gasteiger partial charge in [0.15, 0.2) is 0 Å². The Morgan fingerprint density at radius 2 is 1.34 bits per heavy atom. The molecular weight excluding hydrogens is 573 g/mol. The van der Waals surface area contributed by atoms with Gasteiger partial charge in [-0.05, 0) is 41.7 Å². The van der Waals surface area contributed by atoms with Crippen LogP contribution in [0.5, 0.6) is 0 Å². The number of hydrogen-bond donors (Lipinski definition) is 1. The zero-order valence-electron chi connectivity index (χ0n) is 26.1. The molecule has 5 aromatic carbocycles. The molecule has 3 aromatic heterocycles. The highest BCUT2D eigenvalue weighted by Gasteiger charge is 2.28. The van der Waals surface area contributed by atoms with Crippen molar-refractivity contribution in [3.05, 3.63) is 157 Å². The first kappa shape index (κ1) is 27.4. The third-order valence-corrected chi connectivity index (χ3v) is 9.63. The van der Waals surface area contributed by atoms with Gasteiger partial charge in [0, 0.05) is 44.4 Å². The van der Waals surface area contributed by atoms with Crippen LogP contribution < -0.4 is 5.32 Å². The van der Waals surface area contributed by atoms with E-state index in [4.69, 9.17) is 15.0 Å². The lowest BCUT2D eigenvalue weighted by Gasteiger charge is -2.33. The zero-order chi connectivity index (χ0) is 31.3. The number of nitrogens with zero attached hydrogens (tertiary/aromatic N) is 3. The molecule has 9 rings (SSSR count). The third kappa shape index (κ3) is 4.64. The molecule has 0 fully saturated rings. The van der Waals surface area contributed by atoms with Gasteiger partial charge in [-0.2, -0.15) is 0 Å². The Balaban J connectivity index is 1.29. The summed E-state index contributed by atoms with van der Waals surface area (Å²) in [6, 6.07) is 49.3. The van der Waals surface area contributed by atoms with Crippen molar-refractivity contribution in [1.82, 2.24) is 15.0 Å². The number of pyridine rings is 3. The molecule has 8 aromatic rings. The number of benzene rings is 5. The molecule has 47 heavy (non-hydrogen) atoms. The standard InChI is InChI=1S/C43H32N4/c1-27-26-31-22-21-30-23-24-37(45-41(30)42(31)46-39(27)28-12-4-2-5-13-28)33-17-11-19-35-38-32(36-20-8-9-25-44-36)16-10-18-34(38)40(47-43(33)35)29-14-6-3-7-15-29/h2-25,27,39,46H,26H2,1H3. The summed E-state index contributed by atoms with van der Waals surface area (Å²) in [6.07, 6.45) is 2.86. The highest BCUT2D eigenvalue weighted by molar-refractivity contribution is 6.19. The molecule has 0 saturated heterocycles. The van der Waals surface area contributed by atoms with E-state index >= 15 is 0 Å². The van der Waals surface area contributed by atoms with E-state index in [1.165, 1.54) is 11.1 Å². The van der Waals surface area contributed by atoms with Gasteiger partial charge in [0.2, 0.25) is 0 Å². The molecule has 0 amide bonds. The predicted molar refractivity (Wildman–Crippen MR) is 194 cm³/mol. The summed E-state index contributed by atoms with van der Waals surface area (Å²) >= 11 is 0. The SMILES string of the molecule is CC1Cc2ccc3ccc(-c4cccc5c4nc(-c4ccccc4)c4cccc(-c6ccccn6)c45)nc3c2NC1c1ccccc1. The van der Waals surface area contributed by atoms with E-state index in [2.05, 4.69) is 134 Å². The summed E-state index contributed by atoms with van der Waals surface area (Å²) in [5, 5.41) is 8.39. The maximum Gasteiger partial charge on any atom is 0.0943 e. The van der Waals surface area contributed by atoms with Crippen LogP contribution >= 0.6 is 0 Å². The fourth-order valence-electron chi connectivity index (χ4n) is 7.38. The predicted octanol–water partition coefficient (Wildman–Crippen LogP) is 10.7. The molecular formula is C43H32N4. The minimum absolute atomic E-state index is 0.226. The Kier molecular flexibility index (Phi) is 6.53. The van der Waals surface area contributed by atoms with Crippen LogP contribution in [0.2, 0.25) is 0 Å². The summed E-state index contributed by atoms with van der Waals surface area (Å²) in [6.45, 7) is 2.33. The van der Waals surface area contributed by atoms with Gasteiger partial charge in [-0.15, -0.1) is 0 Å². The van der Waals surface area contributed by atoms with Crippen LogP contribution in [0.15, 0.2) is 146 Å². The Morgan fingerprint density at radius 3 is 2.15 bits per heavy atom. The molecule has 1 aliphatic rings. The molecule has 0 aliphatic carbocycles. The summed E-state index contributed by atoms with van der Waals surface area (Å²) in [5.74, 6) is 0.464. The molecule has 1 aliphatic heterocycles. The molecule has 0 radical (unpaired) electrons. The molecule has 2 atom stereocenters. The molecule has 4 nitrogen and oxygen atoms in total. The van der Waals surface area contributed by atoms with Crippen molar-refractivity contribution >= 4 is 38.3 Å². The van der Waals surface area contributed by atoms with Crippen molar-refractivity contribution in [1.29, 1.82) is 0 Å². The van der Waals surface area contributed by atoms with Gasteiger partial charge < -0.3 is 5.32 Å². The van der Waals surface area contributed by atoms with E-state index in [1.807, 2.05) is 24.4 Å². The van der Waals surface area contributed by atoms with Crippen LogP contribution in [0.4, 0.5) is 5.69 Å². The number of fused-ring (bicyclic) bond motifs is 6. The van der Waals surface area contributed by atoms with Crippen LogP contribution in [-0.4, -0.2) is 15.0 Å². The van der Waals surface area contributed by atoms with E-state index < -0.39 is 0 Å². The molecule has 1 N–H and O–H groups in total. The summed E-state index contributed by atoms with van der Waals surface area (Å²) in [5.41, 5.74) is 11.7. The van der Waals surface area contributed by atoms with E-state index in [-0.39, 0.29) is 6.04 Å². The number of nitrogens with one attached hydrogen (secondary N) is 1. The van der Waals surface area contributed by atoms with Crippen LogP contribution in [-0.2, 0) is 6.42 Å². The van der Waals surface area contributed by atoms with Crippen molar-refractivity contribution in [2.45, 2.75) is 19.4 Å². The lowest BCUT2D eigenvalue weighted by molar-refractivity contribution is 0.480. The molecule has 2 unspecified atom stereocenters. The van der Waals surface area contributed by atoms with E-state index in [0.717, 1.165) is 78.5 Å². The van der Waals surface area contributed by atoms with Gasteiger partial charge >= 0.3 is 0 Å². The second-order valence-electron chi connectivity index (χ2n) is 12.6. The molecule has 0 spiro atoms. The Morgan fingerprint density at radius 1 is 0.596 bits per heavy atom. The third-order valence-electron chi connectivity index (χ3n) is 9.63. The quantitative estimate of drug-likeness (QED) is 0.203. The number of rotatable bonds is 4. The Bertz CT molecular complexity index is 2420. The fourth-order valence-corrected chi connectivity index (χ4v) is 7.38. The van der Waals surface area contributed by atoms with Gasteiger partial charge in [-0.1, -0.05) is 128 Å². The Hall–Kier alpha value is -5.87. The maximum atomic E-state index is 5.44. The fraction of sp³-hybridized carbons (Fsp3) is 0.0930. The van der Waals surface area contributed by atoms with Crippen LogP contribution in [0, 0.1) is 5.92 Å². The average Bonchev–Trinajstić information content (AvgIpc) is 3.14. The first-order valence-electron chi connectivity index (χ1n) is 16.3. The van der Waals surface area contributed by atoms with E-state index in [9.17, 15) is 0 Å². The van der Waals surface area contributed by atoms with Gasteiger partial charge in [0.25, 0.3) is 0 Å². The van der Waals surface area contributed by atoms with Crippen molar-refractivity contribution in [2.24, 2.45) is 5.92 Å². The van der Waals surface area contributed by atoms with E-state index in [0.29, 0.717) is 5.92 Å². The summed E-state index contributed by atoms with van der Waals surface area (Å²) in [4.78, 5) is 15.6. The van der Waals surface area contributed by atoms with Gasteiger partial charge in [0.05, 0.1) is 39.8 Å². The normalized spacial score (nSPS) is 15.9. The first-order valence-corrected chi connectivity index (χ1v) is 16.3. The highest BCUT2D eigenvalue weighted by atomic mass is 15.0. The van der Waals surface area contributed by atoms with E-state index in [1.54, 1.807) is 0 Å². The largest absolute Gasteiger partial charge is 0.376 e. The average molecular weight is 605 g/mol. The highest BCUT2D eigenvalue weighted by Crippen LogP contribution is 2.43. The topological polar surface area (TPSA) is 50.7 Å². The lowest BCUT2D eigenvalue weighted by atomic mass is 9.84. The molecule has 0 bridgehead atoms. The van der Waals surface area contributed by atoms with Crippen molar-refractivity contribution in [3.8, 4) is 33.8 Å². The molecule has 0 saturated carbocycles. The number of para-hydroxylation sites is 1. The van der Waals surface area contributed by atoms with Crippen molar-refractivity contribution in [2.75, 3.05) is 5.32 Å². The Labute approximate surface area is 273 Å². The lowest BCUT2D eigenvalue weighted by Crippen LogP contribution is -2.26. The second-order valence-corrected chi connectivity index (χ2v) is 12.6. The first-order chi connectivity index (χ1) is 23.2. The van der Waals surface area contributed by atoms with Gasteiger partial charge in [-0.25, -0.2) is 9.97 Å². The van der Waals surface area contributed by atoms with Crippen molar-refractivity contribution in [3.63, 3.8) is 0 Å². The maximum absolute atomic E-state index is 5.44. The van der Waals surface area contributed by atoms with Crippen LogP contribution in [0.25, 0.3) is 66.4 Å². The van der Waals surface area contributed by atoms with Crippen LogP contribution in [0.1, 0.15) is 24.1 Å². The smallest absolute Gasteiger partial charge is 0.0943 e. The summed E-state index contributed by atoms with van der Waals surface area (Å²) < 4.78 is 0. The summed E-state index contributed by atoms with van der Waals surface area (Å²) in [7, 11) is 0. The molecule has 224 valence electrons. The number of hydrogen-bond acceptors (Lipinski definition) is 4. The number of aromatic nitrogens is 3. The van der Waals surface area contributed by atoms with Gasteiger partial charge in [-0.3, -0.25) is 4.98 Å². The van der Waals surface area contributed by atoms with Gasteiger partial charge in [0.1, 0.15) is 0 Å². The number of anilines is 1. The molecule has 4 heteroatoms.